The summed E-state index contributed by atoms with van der Waals surface area (Å²) in [5, 5.41) is 8.63. The monoisotopic (exact) mass is 167 g/mol. The highest BCUT2D eigenvalue weighted by Gasteiger charge is 2.23. The van der Waals surface area contributed by atoms with Gasteiger partial charge in [-0.2, -0.15) is 5.26 Å². The molecule has 0 aliphatic rings. The van der Waals surface area contributed by atoms with Gasteiger partial charge in [0, 0.05) is 5.92 Å². The quantitative estimate of drug-likeness (QED) is 0.471. The maximum atomic E-state index is 11.1. The molecule has 0 aliphatic carbocycles. The summed E-state index contributed by atoms with van der Waals surface area (Å²) in [6.07, 6.45) is 1.57. The van der Waals surface area contributed by atoms with Crippen molar-refractivity contribution in [3.63, 3.8) is 0 Å². The van der Waals surface area contributed by atoms with Gasteiger partial charge in [0.15, 0.2) is 0 Å². The molecule has 0 aromatic rings. The van der Waals surface area contributed by atoms with Gasteiger partial charge in [-0.1, -0.05) is 13.0 Å². The molecule has 0 aliphatic heterocycles. The lowest BCUT2D eigenvalue weighted by molar-refractivity contribution is -0.146. The zero-order valence-electron chi connectivity index (χ0n) is 7.41. The third-order valence-corrected chi connectivity index (χ3v) is 1.58. The van der Waals surface area contributed by atoms with Crippen molar-refractivity contribution in [1.82, 2.24) is 0 Å². The average molecular weight is 167 g/mol. The van der Waals surface area contributed by atoms with E-state index in [1.54, 1.807) is 19.9 Å². The molecule has 0 saturated carbocycles. The lowest BCUT2D eigenvalue weighted by atomic mass is 9.96. The first kappa shape index (κ1) is 10.7. The van der Waals surface area contributed by atoms with Crippen LogP contribution in [0.5, 0.6) is 0 Å². The number of ether oxygens (including phenoxy) is 1. The molecule has 12 heavy (non-hydrogen) atoms. The molecule has 0 radical (unpaired) electrons. The lowest BCUT2D eigenvalue weighted by Gasteiger charge is -2.11. The smallest absolute Gasteiger partial charge is 0.323 e. The van der Waals surface area contributed by atoms with Crippen molar-refractivity contribution in [1.29, 1.82) is 5.26 Å². The summed E-state index contributed by atoms with van der Waals surface area (Å²) in [5.41, 5.74) is 0. The Morgan fingerprint density at radius 3 is 2.75 bits per heavy atom. The van der Waals surface area contributed by atoms with Crippen LogP contribution in [0.25, 0.3) is 0 Å². The van der Waals surface area contributed by atoms with Crippen molar-refractivity contribution < 1.29 is 9.53 Å². The van der Waals surface area contributed by atoms with Crippen molar-refractivity contribution in [2.45, 2.75) is 13.8 Å². The van der Waals surface area contributed by atoms with E-state index in [9.17, 15) is 4.79 Å². The number of nitrogens with zero attached hydrogens (tertiary/aromatic N) is 1. The molecular weight excluding hydrogens is 154 g/mol. The molecule has 0 saturated heterocycles. The second-order valence-corrected chi connectivity index (χ2v) is 2.45. The highest BCUT2D eigenvalue weighted by atomic mass is 16.5. The van der Waals surface area contributed by atoms with Crippen molar-refractivity contribution in [3.05, 3.63) is 12.7 Å². The van der Waals surface area contributed by atoms with Gasteiger partial charge in [0.2, 0.25) is 0 Å². The van der Waals surface area contributed by atoms with E-state index in [2.05, 4.69) is 6.58 Å². The number of hydrogen-bond donors (Lipinski definition) is 0. The fraction of sp³-hybridized carbons (Fsp3) is 0.556. The van der Waals surface area contributed by atoms with Crippen molar-refractivity contribution in [3.8, 4) is 6.07 Å². The first-order valence-electron chi connectivity index (χ1n) is 3.86. The number of rotatable bonds is 4. The first-order valence-corrected chi connectivity index (χ1v) is 3.86. The number of allylic oxidation sites excluding steroid dienone is 1. The minimum atomic E-state index is -0.720. The van der Waals surface area contributed by atoms with Crippen molar-refractivity contribution in [2.75, 3.05) is 6.61 Å². The summed E-state index contributed by atoms with van der Waals surface area (Å²) < 4.78 is 4.71. The van der Waals surface area contributed by atoms with Crippen LogP contribution in [0.2, 0.25) is 0 Å². The van der Waals surface area contributed by atoms with E-state index >= 15 is 0 Å². The molecule has 0 heterocycles. The number of carbonyl (C=O) groups is 1. The normalized spacial score (nSPS) is 14.1. The summed E-state index contributed by atoms with van der Waals surface area (Å²) in [6.45, 7) is 7.29. The Hall–Kier alpha value is -1.30. The minimum Gasteiger partial charge on any atom is -0.465 e. The molecule has 0 fully saturated rings. The molecule has 3 heteroatoms. The topological polar surface area (TPSA) is 50.1 Å². The Bertz CT molecular complexity index is 205. The van der Waals surface area contributed by atoms with E-state index in [4.69, 9.17) is 10.00 Å². The maximum Gasteiger partial charge on any atom is 0.323 e. The maximum absolute atomic E-state index is 11.1. The first-order chi connectivity index (χ1) is 5.67. The summed E-state index contributed by atoms with van der Waals surface area (Å²) in [5.74, 6) is -1.34. The highest BCUT2D eigenvalue weighted by Crippen LogP contribution is 2.13. The zero-order valence-corrected chi connectivity index (χ0v) is 7.41. The Kier molecular flexibility index (Phi) is 4.78. The zero-order chi connectivity index (χ0) is 9.56. The Morgan fingerprint density at radius 2 is 2.42 bits per heavy atom. The fourth-order valence-corrected chi connectivity index (χ4v) is 0.753. The third kappa shape index (κ3) is 2.75. The minimum absolute atomic E-state index is 0.158. The van der Waals surface area contributed by atoms with Crippen LogP contribution < -0.4 is 0 Å². The van der Waals surface area contributed by atoms with Gasteiger partial charge >= 0.3 is 5.97 Å². The molecule has 0 bridgehead atoms. The van der Waals surface area contributed by atoms with Crippen LogP contribution in [-0.2, 0) is 9.53 Å². The van der Waals surface area contributed by atoms with Gasteiger partial charge in [-0.15, -0.1) is 6.58 Å². The molecule has 66 valence electrons. The molecule has 0 spiro atoms. The standard InChI is InChI=1S/C9H13NO2/c1-4-7(3)8(6-10)9(11)12-5-2/h4,7-8H,1,5H2,2-3H3. The van der Waals surface area contributed by atoms with Crippen LogP contribution in [0, 0.1) is 23.2 Å². The van der Waals surface area contributed by atoms with Gasteiger partial charge in [-0.05, 0) is 6.92 Å². The number of carbonyl (C=O) groups excluding carboxylic acids is 1. The summed E-state index contributed by atoms with van der Waals surface area (Å²) in [6, 6.07) is 1.89. The van der Waals surface area contributed by atoms with E-state index in [-0.39, 0.29) is 5.92 Å². The van der Waals surface area contributed by atoms with E-state index in [1.807, 2.05) is 6.07 Å². The van der Waals surface area contributed by atoms with Crippen LogP contribution in [-0.4, -0.2) is 12.6 Å². The van der Waals surface area contributed by atoms with Gasteiger partial charge in [0.1, 0.15) is 5.92 Å². The third-order valence-electron chi connectivity index (χ3n) is 1.58. The molecular formula is C9H13NO2. The molecule has 3 nitrogen and oxygen atoms in total. The molecule has 0 N–H and O–H groups in total. The predicted molar refractivity (Wildman–Crippen MR) is 45.1 cm³/mol. The molecule has 0 aromatic heterocycles. The predicted octanol–water partition coefficient (Wildman–Crippen LogP) is 1.51. The van der Waals surface area contributed by atoms with E-state index in [0.29, 0.717) is 6.61 Å². The van der Waals surface area contributed by atoms with E-state index in [0.717, 1.165) is 0 Å². The summed E-state index contributed by atoms with van der Waals surface area (Å²) in [4.78, 5) is 11.1. The molecule has 2 atom stereocenters. The molecule has 0 aromatic carbocycles. The largest absolute Gasteiger partial charge is 0.465 e. The van der Waals surface area contributed by atoms with E-state index < -0.39 is 11.9 Å². The van der Waals surface area contributed by atoms with Crippen molar-refractivity contribution in [2.24, 2.45) is 11.8 Å². The number of hydrogen-bond acceptors (Lipinski definition) is 3. The summed E-state index contributed by atoms with van der Waals surface area (Å²) >= 11 is 0. The van der Waals surface area contributed by atoms with Crippen LogP contribution in [0.4, 0.5) is 0 Å². The SMILES string of the molecule is C=CC(C)C(C#N)C(=O)OCC. The van der Waals surface area contributed by atoms with Crippen LogP contribution in [0.15, 0.2) is 12.7 Å². The molecule has 0 rings (SSSR count). The van der Waals surface area contributed by atoms with Crippen LogP contribution >= 0.6 is 0 Å². The van der Waals surface area contributed by atoms with Crippen LogP contribution in [0.3, 0.4) is 0 Å². The van der Waals surface area contributed by atoms with Gasteiger partial charge in [-0.3, -0.25) is 4.79 Å². The van der Waals surface area contributed by atoms with E-state index in [1.165, 1.54) is 0 Å². The molecule has 0 amide bonds. The van der Waals surface area contributed by atoms with Gasteiger partial charge in [0.05, 0.1) is 12.7 Å². The number of esters is 1. The molecule has 2 unspecified atom stereocenters. The highest BCUT2D eigenvalue weighted by molar-refractivity contribution is 5.75. The van der Waals surface area contributed by atoms with Gasteiger partial charge in [0.25, 0.3) is 0 Å². The fourth-order valence-electron chi connectivity index (χ4n) is 0.753. The van der Waals surface area contributed by atoms with Gasteiger partial charge in [-0.25, -0.2) is 0 Å². The summed E-state index contributed by atoms with van der Waals surface area (Å²) in [7, 11) is 0. The Labute approximate surface area is 72.6 Å². The van der Waals surface area contributed by atoms with Gasteiger partial charge < -0.3 is 4.74 Å². The van der Waals surface area contributed by atoms with Crippen molar-refractivity contribution >= 4 is 5.97 Å². The Morgan fingerprint density at radius 1 is 1.83 bits per heavy atom. The number of nitriles is 1. The second-order valence-electron chi connectivity index (χ2n) is 2.45. The average Bonchev–Trinajstić information content (AvgIpc) is 2.06. The van der Waals surface area contributed by atoms with Crippen LogP contribution in [0.1, 0.15) is 13.8 Å². The lowest BCUT2D eigenvalue weighted by Crippen LogP contribution is -2.21. The second kappa shape index (κ2) is 5.36. The Balaban J connectivity index is 4.26.